The standard InChI is InChI=1S/C15H17N5O/c1-15(2,3)20-8-7-12(19-20)17-14(21)11-6-4-5-10-9-16-18-13(10)11/h4-9H,1-3H3,(H,16,18)(H,17,19,21). The lowest BCUT2D eigenvalue weighted by Gasteiger charge is -2.18. The van der Waals surface area contributed by atoms with Gasteiger partial charge in [0.15, 0.2) is 5.82 Å². The number of aromatic amines is 1. The van der Waals surface area contributed by atoms with Crippen LogP contribution >= 0.6 is 0 Å². The Kier molecular flexibility index (Phi) is 3.01. The van der Waals surface area contributed by atoms with Crippen molar-refractivity contribution < 1.29 is 4.79 Å². The molecule has 0 aliphatic heterocycles. The fourth-order valence-corrected chi connectivity index (χ4v) is 2.11. The number of benzene rings is 1. The third-order valence-corrected chi connectivity index (χ3v) is 3.24. The average molecular weight is 283 g/mol. The first-order valence-corrected chi connectivity index (χ1v) is 6.75. The van der Waals surface area contributed by atoms with Gasteiger partial charge >= 0.3 is 0 Å². The maximum absolute atomic E-state index is 12.4. The largest absolute Gasteiger partial charge is 0.305 e. The Morgan fingerprint density at radius 3 is 2.81 bits per heavy atom. The van der Waals surface area contributed by atoms with Crippen molar-refractivity contribution in [3.05, 3.63) is 42.2 Å². The van der Waals surface area contributed by atoms with Gasteiger partial charge in [-0.25, -0.2) is 0 Å². The van der Waals surface area contributed by atoms with E-state index >= 15 is 0 Å². The third kappa shape index (κ3) is 2.52. The van der Waals surface area contributed by atoms with Crippen LogP contribution in [-0.4, -0.2) is 25.9 Å². The molecule has 0 aliphatic carbocycles. The fraction of sp³-hybridized carbons (Fsp3) is 0.267. The zero-order chi connectivity index (χ0) is 15.0. The Morgan fingerprint density at radius 1 is 1.29 bits per heavy atom. The minimum atomic E-state index is -0.205. The van der Waals surface area contributed by atoms with Gasteiger partial charge in [-0.1, -0.05) is 12.1 Å². The highest BCUT2D eigenvalue weighted by atomic mass is 16.1. The van der Waals surface area contributed by atoms with Crippen LogP contribution in [0, 0.1) is 0 Å². The molecule has 0 saturated carbocycles. The van der Waals surface area contributed by atoms with E-state index in [9.17, 15) is 4.79 Å². The average Bonchev–Trinajstić information content (AvgIpc) is 3.05. The predicted octanol–water partition coefficient (Wildman–Crippen LogP) is 2.77. The van der Waals surface area contributed by atoms with E-state index in [2.05, 4.69) is 41.4 Å². The highest BCUT2D eigenvalue weighted by molar-refractivity contribution is 6.11. The topological polar surface area (TPSA) is 75.6 Å². The van der Waals surface area contributed by atoms with Crippen molar-refractivity contribution in [3.63, 3.8) is 0 Å². The number of nitrogens with one attached hydrogen (secondary N) is 2. The van der Waals surface area contributed by atoms with Gasteiger partial charge in [0.05, 0.1) is 22.8 Å². The molecule has 2 aromatic heterocycles. The van der Waals surface area contributed by atoms with Crippen LogP contribution in [0.2, 0.25) is 0 Å². The van der Waals surface area contributed by atoms with Gasteiger partial charge in [0.2, 0.25) is 0 Å². The maximum Gasteiger partial charge on any atom is 0.259 e. The quantitative estimate of drug-likeness (QED) is 0.759. The van der Waals surface area contributed by atoms with Gasteiger partial charge in [-0.15, -0.1) is 0 Å². The summed E-state index contributed by atoms with van der Waals surface area (Å²) in [6.45, 7) is 6.16. The van der Waals surface area contributed by atoms with Crippen LogP contribution in [0.3, 0.4) is 0 Å². The van der Waals surface area contributed by atoms with Crippen LogP contribution in [0.15, 0.2) is 36.7 Å². The summed E-state index contributed by atoms with van der Waals surface area (Å²) < 4.78 is 1.82. The van der Waals surface area contributed by atoms with Crippen molar-refractivity contribution in [2.75, 3.05) is 5.32 Å². The van der Waals surface area contributed by atoms with E-state index in [-0.39, 0.29) is 11.4 Å². The summed E-state index contributed by atoms with van der Waals surface area (Å²) in [4.78, 5) is 12.4. The minimum absolute atomic E-state index is 0.119. The highest BCUT2D eigenvalue weighted by Crippen LogP contribution is 2.18. The molecule has 3 rings (SSSR count). The molecule has 0 bridgehead atoms. The number of hydrogen-bond donors (Lipinski definition) is 2. The summed E-state index contributed by atoms with van der Waals surface area (Å²) in [6.07, 6.45) is 3.55. The molecule has 6 heteroatoms. The predicted molar refractivity (Wildman–Crippen MR) is 81.3 cm³/mol. The summed E-state index contributed by atoms with van der Waals surface area (Å²) in [5.74, 6) is 0.329. The van der Waals surface area contributed by atoms with Gasteiger partial charge in [-0.05, 0) is 26.8 Å². The van der Waals surface area contributed by atoms with Gasteiger partial charge in [0.25, 0.3) is 5.91 Å². The number of hydrogen-bond acceptors (Lipinski definition) is 3. The molecule has 0 unspecified atom stereocenters. The Morgan fingerprint density at radius 2 is 2.10 bits per heavy atom. The number of carbonyl (C=O) groups excluding carboxylic acids is 1. The first kappa shape index (κ1) is 13.4. The molecule has 21 heavy (non-hydrogen) atoms. The molecular weight excluding hydrogens is 266 g/mol. The monoisotopic (exact) mass is 283 g/mol. The normalized spacial score (nSPS) is 11.8. The van der Waals surface area contributed by atoms with E-state index in [0.717, 1.165) is 10.9 Å². The van der Waals surface area contributed by atoms with E-state index in [1.54, 1.807) is 18.3 Å². The first-order valence-electron chi connectivity index (χ1n) is 6.75. The van der Waals surface area contributed by atoms with Crippen molar-refractivity contribution in [1.29, 1.82) is 0 Å². The lowest BCUT2D eigenvalue weighted by Crippen LogP contribution is -2.22. The number of anilines is 1. The Hall–Kier alpha value is -2.63. The van der Waals surface area contributed by atoms with Crippen molar-refractivity contribution >= 4 is 22.6 Å². The van der Waals surface area contributed by atoms with Gasteiger partial charge in [-0.2, -0.15) is 10.2 Å². The van der Waals surface area contributed by atoms with Crippen LogP contribution < -0.4 is 5.32 Å². The summed E-state index contributed by atoms with van der Waals surface area (Å²) >= 11 is 0. The Labute approximate surface area is 122 Å². The second kappa shape index (κ2) is 4.73. The number of nitrogens with zero attached hydrogens (tertiary/aromatic N) is 3. The van der Waals surface area contributed by atoms with E-state index in [1.165, 1.54) is 0 Å². The van der Waals surface area contributed by atoms with Crippen molar-refractivity contribution in [2.24, 2.45) is 0 Å². The maximum atomic E-state index is 12.4. The Balaban J connectivity index is 1.87. The minimum Gasteiger partial charge on any atom is -0.305 e. The number of amides is 1. The number of H-pyrrole nitrogens is 1. The molecule has 0 saturated heterocycles. The molecule has 1 amide bonds. The molecule has 0 fully saturated rings. The van der Waals surface area contributed by atoms with Crippen LogP contribution in [0.1, 0.15) is 31.1 Å². The van der Waals surface area contributed by atoms with Gasteiger partial charge < -0.3 is 5.32 Å². The second-order valence-corrected chi connectivity index (χ2v) is 5.91. The summed E-state index contributed by atoms with van der Waals surface area (Å²) in [6, 6.07) is 7.29. The zero-order valence-electron chi connectivity index (χ0n) is 12.2. The van der Waals surface area contributed by atoms with Crippen molar-refractivity contribution in [1.82, 2.24) is 20.0 Å². The lowest BCUT2D eigenvalue weighted by molar-refractivity contribution is 0.102. The molecule has 0 aliphatic rings. The zero-order valence-corrected chi connectivity index (χ0v) is 12.2. The molecular formula is C15H17N5O. The fourth-order valence-electron chi connectivity index (χ4n) is 2.11. The van der Waals surface area contributed by atoms with Gasteiger partial charge in [0, 0.05) is 17.6 Å². The van der Waals surface area contributed by atoms with Crippen LogP contribution in [0.5, 0.6) is 0 Å². The second-order valence-electron chi connectivity index (χ2n) is 5.91. The molecule has 2 heterocycles. The lowest BCUT2D eigenvalue weighted by atomic mass is 10.1. The van der Waals surface area contributed by atoms with E-state index in [4.69, 9.17) is 0 Å². The van der Waals surface area contributed by atoms with Gasteiger partial charge in [-0.3, -0.25) is 14.6 Å². The molecule has 2 N–H and O–H groups in total. The number of rotatable bonds is 2. The van der Waals surface area contributed by atoms with Crippen molar-refractivity contribution in [2.45, 2.75) is 26.3 Å². The van der Waals surface area contributed by atoms with E-state index < -0.39 is 0 Å². The number of carbonyl (C=O) groups is 1. The SMILES string of the molecule is CC(C)(C)n1ccc(NC(=O)c2cccc3cn[nH]c23)n1. The molecule has 1 aromatic carbocycles. The summed E-state index contributed by atoms with van der Waals surface area (Å²) in [7, 11) is 0. The highest BCUT2D eigenvalue weighted by Gasteiger charge is 2.16. The van der Waals surface area contributed by atoms with Gasteiger partial charge in [0.1, 0.15) is 0 Å². The Bertz CT molecular complexity index is 794. The van der Waals surface area contributed by atoms with Crippen LogP contribution in [0.25, 0.3) is 10.9 Å². The third-order valence-electron chi connectivity index (χ3n) is 3.24. The van der Waals surface area contributed by atoms with Crippen molar-refractivity contribution in [3.8, 4) is 0 Å². The first-order chi connectivity index (χ1) is 9.95. The number of aromatic nitrogens is 4. The summed E-state index contributed by atoms with van der Waals surface area (Å²) in [5.41, 5.74) is 1.16. The molecule has 0 radical (unpaired) electrons. The number of para-hydroxylation sites is 1. The molecule has 108 valence electrons. The van der Waals surface area contributed by atoms with Crippen LogP contribution in [0.4, 0.5) is 5.82 Å². The van der Waals surface area contributed by atoms with Crippen LogP contribution in [-0.2, 0) is 5.54 Å². The summed E-state index contributed by atoms with van der Waals surface area (Å²) in [5, 5.41) is 14.9. The molecule has 0 atom stereocenters. The molecule has 6 nitrogen and oxygen atoms in total. The van der Waals surface area contributed by atoms with E-state index in [1.807, 2.05) is 23.0 Å². The smallest absolute Gasteiger partial charge is 0.259 e. The van der Waals surface area contributed by atoms with E-state index in [0.29, 0.717) is 11.4 Å². The molecule has 0 spiro atoms. The molecule has 3 aromatic rings. The number of fused-ring (bicyclic) bond motifs is 1.